The second-order valence-electron chi connectivity index (χ2n) is 18.3. The van der Waals surface area contributed by atoms with Crippen LogP contribution >= 0.6 is 0 Å². The van der Waals surface area contributed by atoms with Gasteiger partial charge in [-0.1, -0.05) is 208 Å². The molecule has 58 heavy (non-hydrogen) atoms. The Labute approximate surface area is 364 Å². The average Bonchev–Trinajstić information content (AvgIpc) is 3.22. The molecule has 1 atom stereocenters. The Morgan fingerprint density at radius 3 is 0.914 bits per heavy atom. The van der Waals surface area contributed by atoms with Crippen molar-refractivity contribution >= 4 is 11.9 Å². The molecular weight excluding hydrogens is 715 g/mol. The standard InChI is InChI=1S/C53H105NO4/c1-6-11-15-19-23-31-39-47-54(48-40-32-24-29-37-45-52(55)57-50(10-5)42-34-26-20-16-12-7-2)49-41-33-25-30-38-46-53(56)58-51(43-35-27-21-17-13-8-3)44-36-28-22-18-14-9-4/h50-51H,6-49H2,1-5H3. The van der Waals surface area contributed by atoms with E-state index in [9.17, 15) is 9.59 Å². The molecule has 0 bridgehead atoms. The van der Waals surface area contributed by atoms with Crippen LogP contribution in [0.4, 0.5) is 0 Å². The minimum atomic E-state index is 0.0184. The molecule has 0 saturated heterocycles. The summed E-state index contributed by atoms with van der Waals surface area (Å²) in [5.74, 6) is 0.0663. The second kappa shape index (κ2) is 47.0. The normalized spacial score (nSPS) is 12.2. The SMILES string of the molecule is CCCCCCCCCN(CCCCCCCC(=O)OC(CC)CCCCCCCC)CCCCCCCC(=O)OC(CCCCCCCC)CCCCCCCC. The van der Waals surface area contributed by atoms with Crippen LogP contribution in [0.15, 0.2) is 0 Å². The van der Waals surface area contributed by atoms with Gasteiger partial charge in [0.1, 0.15) is 12.2 Å². The first-order valence-electron chi connectivity index (χ1n) is 26.6. The summed E-state index contributed by atoms with van der Waals surface area (Å²) in [6.07, 6.45) is 50.0. The molecule has 0 spiro atoms. The number of unbranched alkanes of at least 4 members (excludes halogenated alkanes) is 29. The van der Waals surface area contributed by atoms with Crippen molar-refractivity contribution in [2.45, 2.75) is 310 Å². The number of esters is 2. The average molecular weight is 820 g/mol. The van der Waals surface area contributed by atoms with Gasteiger partial charge in [-0.25, -0.2) is 0 Å². The van der Waals surface area contributed by atoms with E-state index in [-0.39, 0.29) is 24.1 Å². The zero-order valence-corrected chi connectivity index (χ0v) is 40.3. The van der Waals surface area contributed by atoms with Crippen LogP contribution in [-0.4, -0.2) is 48.7 Å². The summed E-state index contributed by atoms with van der Waals surface area (Å²) in [5.41, 5.74) is 0. The third-order valence-electron chi connectivity index (χ3n) is 12.5. The fraction of sp³-hybridized carbons (Fsp3) is 0.962. The molecule has 0 aliphatic rings. The largest absolute Gasteiger partial charge is 0.462 e. The molecule has 0 aromatic rings. The van der Waals surface area contributed by atoms with E-state index in [1.54, 1.807) is 0 Å². The topological polar surface area (TPSA) is 55.8 Å². The van der Waals surface area contributed by atoms with Gasteiger partial charge in [-0.05, 0) is 96.7 Å². The Hall–Kier alpha value is -1.10. The van der Waals surface area contributed by atoms with Crippen molar-refractivity contribution in [3.63, 3.8) is 0 Å². The Kier molecular flexibility index (Phi) is 46.1. The van der Waals surface area contributed by atoms with Crippen molar-refractivity contribution in [2.24, 2.45) is 0 Å². The summed E-state index contributed by atoms with van der Waals surface area (Å²) in [5, 5.41) is 0. The fourth-order valence-corrected chi connectivity index (χ4v) is 8.45. The van der Waals surface area contributed by atoms with Crippen LogP contribution in [0, 0.1) is 0 Å². The molecule has 5 heteroatoms. The lowest BCUT2D eigenvalue weighted by atomic mass is 10.0. The van der Waals surface area contributed by atoms with Crippen LogP contribution in [-0.2, 0) is 19.1 Å². The fourth-order valence-electron chi connectivity index (χ4n) is 8.45. The molecule has 0 aliphatic carbocycles. The predicted octanol–water partition coefficient (Wildman–Crippen LogP) is 17.2. The van der Waals surface area contributed by atoms with Crippen LogP contribution < -0.4 is 0 Å². The Morgan fingerprint density at radius 1 is 0.328 bits per heavy atom. The summed E-state index contributed by atoms with van der Waals surface area (Å²) in [6.45, 7) is 14.9. The third-order valence-corrected chi connectivity index (χ3v) is 12.5. The number of nitrogens with zero attached hydrogens (tertiary/aromatic N) is 1. The summed E-state index contributed by atoms with van der Waals surface area (Å²) in [4.78, 5) is 28.1. The highest BCUT2D eigenvalue weighted by atomic mass is 16.5. The number of carbonyl (C=O) groups is 2. The maximum Gasteiger partial charge on any atom is 0.306 e. The minimum Gasteiger partial charge on any atom is -0.462 e. The van der Waals surface area contributed by atoms with Crippen molar-refractivity contribution in [3.8, 4) is 0 Å². The lowest BCUT2D eigenvalue weighted by Gasteiger charge is -2.22. The van der Waals surface area contributed by atoms with E-state index in [0.29, 0.717) is 12.8 Å². The van der Waals surface area contributed by atoms with E-state index in [1.807, 2.05) is 0 Å². The van der Waals surface area contributed by atoms with Crippen LogP contribution in [0.1, 0.15) is 298 Å². The van der Waals surface area contributed by atoms with Crippen LogP contribution in [0.3, 0.4) is 0 Å². The van der Waals surface area contributed by atoms with Crippen molar-refractivity contribution in [2.75, 3.05) is 19.6 Å². The first kappa shape index (κ1) is 56.9. The highest BCUT2D eigenvalue weighted by Crippen LogP contribution is 2.19. The molecule has 0 fully saturated rings. The van der Waals surface area contributed by atoms with E-state index >= 15 is 0 Å². The lowest BCUT2D eigenvalue weighted by Crippen LogP contribution is -2.27. The van der Waals surface area contributed by atoms with Gasteiger partial charge in [0.2, 0.25) is 0 Å². The molecule has 0 aliphatic heterocycles. The van der Waals surface area contributed by atoms with E-state index in [0.717, 1.165) is 51.4 Å². The Morgan fingerprint density at radius 2 is 0.586 bits per heavy atom. The Balaban J connectivity index is 4.41. The van der Waals surface area contributed by atoms with Crippen molar-refractivity contribution < 1.29 is 19.1 Å². The molecule has 0 saturated carbocycles. The molecule has 0 rings (SSSR count). The monoisotopic (exact) mass is 820 g/mol. The van der Waals surface area contributed by atoms with Crippen molar-refractivity contribution in [1.82, 2.24) is 4.90 Å². The smallest absolute Gasteiger partial charge is 0.306 e. The van der Waals surface area contributed by atoms with Gasteiger partial charge in [-0.2, -0.15) is 0 Å². The highest BCUT2D eigenvalue weighted by Gasteiger charge is 2.15. The van der Waals surface area contributed by atoms with E-state index < -0.39 is 0 Å². The third kappa shape index (κ3) is 41.6. The molecule has 5 nitrogen and oxygen atoms in total. The summed E-state index contributed by atoms with van der Waals surface area (Å²) in [6, 6.07) is 0. The molecule has 0 heterocycles. The summed E-state index contributed by atoms with van der Waals surface area (Å²) >= 11 is 0. The highest BCUT2D eigenvalue weighted by molar-refractivity contribution is 5.69. The quantitative estimate of drug-likeness (QED) is 0.0452. The minimum absolute atomic E-state index is 0.0184. The van der Waals surface area contributed by atoms with Crippen LogP contribution in [0.25, 0.3) is 0 Å². The van der Waals surface area contributed by atoms with Gasteiger partial charge in [-0.3, -0.25) is 9.59 Å². The second-order valence-corrected chi connectivity index (χ2v) is 18.3. The molecule has 1 unspecified atom stereocenters. The van der Waals surface area contributed by atoms with E-state index in [1.165, 1.54) is 219 Å². The van der Waals surface area contributed by atoms with E-state index in [4.69, 9.17) is 9.47 Å². The summed E-state index contributed by atoms with van der Waals surface area (Å²) in [7, 11) is 0. The first-order valence-corrected chi connectivity index (χ1v) is 26.6. The number of hydrogen-bond acceptors (Lipinski definition) is 5. The first-order chi connectivity index (χ1) is 28.5. The Bertz CT molecular complexity index is 817. The zero-order valence-electron chi connectivity index (χ0n) is 40.3. The molecular formula is C53H105NO4. The van der Waals surface area contributed by atoms with Gasteiger partial charge in [0.25, 0.3) is 0 Å². The zero-order chi connectivity index (χ0) is 42.4. The number of rotatable bonds is 48. The molecule has 0 aromatic carbocycles. The van der Waals surface area contributed by atoms with Gasteiger partial charge in [-0.15, -0.1) is 0 Å². The van der Waals surface area contributed by atoms with Gasteiger partial charge in [0, 0.05) is 12.8 Å². The van der Waals surface area contributed by atoms with E-state index in [2.05, 4.69) is 39.5 Å². The lowest BCUT2D eigenvalue weighted by molar-refractivity contribution is -0.150. The number of hydrogen-bond donors (Lipinski definition) is 0. The molecule has 0 amide bonds. The van der Waals surface area contributed by atoms with Gasteiger partial charge < -0.3 is 14.4 Å². The maximum absolute atomic E-state index is 12.9. The maximum atomic E-state index is 12.9. The number of carbonyl (C=O) groups excluding carboxylic acids is 2. The van der Waals surface area contributed by atoms with Crippen molar-refractivity contribution in [3.05, 3.63) is 0 Å². The van der Waals surface area contributed by atoms with Gasteiger partial charge >= 0.3 is 11.9 Å². The van der Waals surface area contributed by atoms with Gasteiger partial charge in [0.05, 0.1) is 0 Å². The van der Waals surface area contributed by atoms with Crippen LogP contribution in [0.2, 0.25) is 0 Å². The predicted molar refractivity (Wildman–Crippen MR) is 254 cm³/mol. The van der Waals surface area contributed by atoms with Crippen LogP contribution in [0.5, 0.6) is 0 Å². The molecule has 0 aromatic heterocycles. The molecule has 0 radical (unpaired) electrons. The molecule has 0 N–H and O–H groups in total. The number of ether oxygens (including phenoxy) is 2. The van der Waals surface area contributed by atoms with Gasteiger partial charge in [0.15, 0.2) is 0 Å². The molecule has 346 valence electrons. The summed E-state index contributed by atoms with van der Waals surface area (Å²) < 4.78 is 11.9. The van der Waals surface area contributed by atoms with Crippen molar-refractivity contribution in [1.29, 1.82) is 0 Å².